The van der Waals surface area contributed by atoms with E-state index >= 15 is 0 Å². The zero-order chi connectivity index (χ0) is 22.5. The van der Waals surface area contributed by atoms with Crippen molar-refractivity contribution in [3.8, 4) is 11.1 Å². The molecule has 2 heterocycles. The Morgan fingerprint density at radius 2 is 1.47 bits per heavy atom. The van der Waals surface area contributed by atoms with E-state index in [4.69, 9.17) is 4.42 Å². The van der Waals surface area contributed by atoms with Crippen LogP contribution in [0.15, 0.2) is 108 Å². The average molecular weight is 439 g/mol. The van der Waals surface area contributed by atoms with Gasteiger partial charge in [0.25, 0.3) is 0 Å². The lowest BCUT2D eigenvalue weighted by Crippen LogP contribution is -2.07. The molecule has 3 heteroatoms. The summed E-state index contributed by atoms with van der Waals surface area (Å²) in [6, 6.07) is 34.4. The van der Waals surface area contributed by atoms with E-state index in [0.29, 0.717) is 0 Å². The first-order chi connectivity index (χ1) is 16.8. The van der Waals surface area contributed by atoms with Crippen LogP contribution in [0.4, 0.5) is 11.4 Å². The van der Waals surface area contributed by atoms with E-state index in [0.717, 1.165) is 45.8 Å². The molecular formula is C31H22N2O. The van der Waals surface area contributed by atoms with Crippen LogP contribution >= 0.6 is 0 Å². The number of rotatable bonds is 3. The van der Waals surface area contributed by atoms with Gasteiger partial charge in [0, 0.05) is 27.9 Å². The summed E-state index contributed by atoms with van der Waals surface area (Å²) in [6.45, 7) is 0.727. The van der Waals surface area contributed by atoms with Gasteiger partial charge < -0.3 is 15.1 Å². The van der Waals surface area contributed by atoms with Crippen LogP contribution in [0, 0.1) is 0 Å². The third-order valence-corrected chi connectivity index (χ3v) is 6.69. The van der Waals surface area contributed by atoms with Crippen LogP contribution in [-0.2, 0) is 6.54 Å². The lowest BCUT2D eigenvalue weighted by atomic mass is 10.0. The standard InChI is InChI=1S/C31H22N2O/c1-2-5-25-20(4-1)8-9-22-18-24(14-15-26(22)25)33-23-12-10-21(11-13-23)27-6-3-7-29-28-16-17-32-19-30(28)34-31(27)29/h1-18,32-33H,19H2. The fraction of sp³-hybridized carbons (Fsp3) is 0.0323. The zero-order valence-electron chi connectivity index (χ0n) is 18.5. The topological polar surface area (TPSA) is 37.2 Å². The maximum Gasteiger partial charge on any atom is 0.142 e. The summed E-state index contributed by atoms with van der Waals surface area (Å²) in [5.74, 6) is 0.993. The van der Waals surface area contributed by atoms with Crippen LogP contribution in [0.2, 0.25) is 0 Å². The van der Waals surface area contributed by atoms with Crippen molar-refractivity contribution in [1.82, 2.24) is 5.32 Å². The summed E-state index contributed by atoms with van der Waals surface area (Å²) in [7, 11) is 0. The normalized spacial score (nSPS) is 12.7. The Bertz CT molecular complexity index is 1720. The molecule has 0 fully saturated rings. The molecule has 7 rings (SSSR count). The van der Waals surface area contributed by atoms with Crippen LogP contribution in [-0.4, -0.2) is 0 Å². The molecule has 1 aromatic heterocycles. The molecule has 0 unspecified atom stereocenters. The summed E-state index contributed by atoms with van der Waals surface area (Å²) in [6.07, 6.45) is 4.08. The molecule has 0 atom stereocenters. The maximum atomic E-state index is 6.24. The molecule has 34 heavy (non-hydrogen) atoms. The van der Waals surface area contributed by atoms with Crippen LogP contribution < -0.4 is 10.6 Å². The first-order valence-electron chi connectivity index (χ1n) is 11.6. The maximum absolute atomic E-state index is 6.24. The molecule has 5 aromatic carbocycles. The minimum absolute atomic E-state index is 0.727. The second-order valence-electron chi connectivity index (χ2n) is 8.76. The molecule has 0 spiro atoms. The molecular weight excluding hydrogens is 416 g/mol. The number of nitrogens with one attached hydrogen (secondary N) is 2. The Labute approximate surface area is 197 Å². The highest BCUT2D eigenvalue weighted by Crippen LogP contribution is 2.36. The van der Waals surface area contributed by atoms with Crippen molar-refractivity contribution in [3.05, 3.63) is 115 Å². The van der Waals surface area contributed by atoms with Crippen molar-refractivity contribution in [3.63, 3.8) is 0 Å². The molecule has 3 nitrogen and oxygen atoms in total. The average Bonchev–Trinajstić information content (AvgIpc) is 3.28. The fourth-order valence-electron chi connectivity index (χ4n) is 5.01. The Morgan fingerprint density at radius 1 is 0.676 bits per heavy atom. The van der Waals surface area contributed by atoms with Gasteiger partial charge in [0.2, 0.25) is 0 Å². The van der Waals surface area contributed by atoms with Gasteiger partial charge in [0.1, 0.15) is 11.3 Å². The van der Waals surface area contributed by atoms with E-state index in [1.54, 1.807) is 0 Å². The minimum atomic E-state index is 0.727. The molecule has 1 aliphatic rings. The highest BCUT2D eigenvalue weighted by molar-refractivity contribution is 6.08. The van der Waals surface area contributed by atoms with E-state index in [2.05, 4.69) is 114 Å². The van der Waals surface area contributed by atoms with Gasteiger partial charge in [0.15, 0.2) is 0 Å². The second kappa shape index (κ2) is 7.53. The predicted octanol–water partition coefficient (Wildman–Crippen LogP) is 8.22. The van der Waals surface area contributed by atoms with Crippen LogP contribution in [0.1, 0.15) is 11.3 Å². The van der Waals surface area contributed by atoms with Gasteiger partial charge >= 0.3 is 0 Å². The van der Waals surface area contributed by atoms with E-state index in [-0.39, 0.29) is 0 Å². The van der Waals surface area contributed by atoms with Crippen molar-refractivity contribution < 1.29 is 4.42 Å². The monoisotopic (exact) mass is 438 g/mol. The SMILES string of the molecule is C1=Cc2c(oc3c(-c4ccc(Nc5ccc6c(ccc7ccccc76)c5)cc4)cccc23)CN1. The number of fused-ring (bicyclic) bond motifs is 6. The third kappa shape index (κ3) is 3.06. The Balaban J connectivity index is 1.21. The summed E-state index contributed by atoms with van der Waals surface area (Å²) in [5, 5.41) is 13.0. The summed E-state index contributed by atoms with van der Waals surface area (Å²) < 4.78 is 6.24. The van der Waals surface area contributed by atoms with E-state index in [9.17, 15) is 0 Å². The molecule has 0 amide bonds. The van der Waals surface area contributed by atoms with Crippen LogP contribution in [0.25, 0.3) is 49.7 Å². The number of anilines is 2. The molecule has 0 saturated carbocycles. The molecule has 0 saturated heterocycles. The summed E-state index contributed by atoms with van der Waals surface area (Å²) in [5.41, 5.74) is 6.52. The number of para-hydroxylation sites is 1. The van der Waals surface area contributed by atoms with Gasteiger partial charge in [-0.15, -0.1) is 0 Å². The zero-order valence-corrected chi connectivity index (χ0v) is 18.5. The molecule has 0 bridgehead atoms. The first kappa shape index (κ1) is 19.0. The molecule has 0 radical (unpaired) electrons. The Kier molecular flexibility index (Phi) is 4.21. The fourth-order valence-corrected chi connectivity index (χ4v) is 5.01. The van der Waals surface area contributed by atoms with Gasteiger partial charge in [0.05, 0.1) is 6.54 Å². The lowest BCUT2D eigenvalue weighted by Gasteiger charge is -2.10. The summed E-state index contributed by atoms with van der Waals surface area (Å²) in [4.78, 5) is 0. The minimum Gasteiger partial charge on any atom is -0.458 e. The molecule has 162 valence electrons. The lowest BCUT2D eigenvalue weighted by molar-refractivity contribution is 0.533. The molecule has 6 aromatic rings. The molecule has 1 aliphatic heterocycles. The van der Waals surface area contributed by atoms with Gasteiger partial charge in [-0.1, -0.05) is 72.8 Å². The largest absolute Gasteiger partial charge is 0.458 e. The number of benzene rings is 5. The number of hydrogen-bond acceptors (Lipinski definition) is 3. The summed E-state index contributed by atoms with van der Waals surface area (Å²) >= 11 is 0. The highest BCUT2D eigenvalue weighted by Gasteiger charge is 2.17. The van der Waals surface area contributed by atoms with Gasteiger partial charge in [-0.3, -0.25) is 0 Å². The van der Waals surface area contributed by atoms with Crippen molar-refractivity contribution in [2.75, 3.05) is 5.32 Å². The Hall–Kier alpha value is -4.50. The van der Waals surface area contributed by atoms with Crippen molar-refractivity contribution >= 4 is 50.0 Å². The van der Waals surface area contributed by atoms with E-state index in [1.807, 2.05) is 6.20 Å². The Morgan fingerprint density at radius 3 is 2.41 bits per heavy atom. The van der Waals surface area contributed by atoms with Gasteiger partial charge in [-0.05, 0) is 63.6 Å². The van der Waals surface area contributed by atoms with Gasteiger partial charge in [-0.25, -0.2) is 0 Å². The van der Waals surface area contributed by atoms with Crippen molar-refractivity contribution in [1.29, 1.82) is 0 Å². The van der Waals surface area contributed by atoms with Crippen LogP contribution in [0.5, 0.6) is 0 Å². The number of furan rings is 1. The number of hydrogen-bond donors (Lipinski definition) is 2. The van der Waals surface area contributed by atoms with E-state index < -0.39 is 0 Å². The smallest absolute Gasteiger partial charge is 0.142 e. The van der Waals surface area contributed by atoms with Crippen LogP contribution in [0.3, 0.4) is 0 Å². The molecule has 2 N–H and O–H groups in total. The molecule has 0 aliphatic carbocycles. The van der Waals surface area contributed by atoms with E-state index in [1.165, 1.54) is 27.1 Å². The third-order valence-electron chi connectivity index (χ3n) is 6.69. The second-order valence-corrected chi connectivity index (χ2v) is 8.76. The highest BCUT2D eigenvalue weighted by atomic mass is 16.3. The van der Waals surface area contributed by atoms with Crippen molar-refractivity contribution in [2.45, 2.75) is 6.54 Å². The quantitative estimate of drug-likeness (QED) is 0.273. The van der Waals surface area contributed by atoms with Crippen molar-refractivity contribution in [2.24, 2.45) is 0 Å². The predicted molar refractivity (Wildman–Crippen MR) is 142 cm³/mol. The van der Waals surface area contributed by atoms with Gasteiger partial charge in [-0.2, -0.15) is 0 Å². The first-order valence-corrected chi connectivity index (χ1v) is 11.6.